The average Bonchev–Trinajstić information content (AvgIpc) is 3.23. The number of hydrogen-bond acceptors (Lipinski definition) is 5. The molecule has 0 bridgehead atoms. The van der Waals surface area contributed by atoms with E-state index in [1.807, 2.05) is 24.3 Å². The first-order chi connectivity index (χ1) is 16.4. The van der Waals surface area contributed by atoms with Gasteiger partial charge in [-0.1, -0.05) is 24.3 Å². The fourth-order valence-corrected chi connectivity index (χ4v) is 3.85. The van der Waals surface area contributed by atoms with Crippen LogP contribution in [-0.2, 0) is 11.2 Å². The number of nitrogens with one attached hydrogen (secondary N) is 2. The van der Waals surface area contributed by atoms with Gasteiger partial charge in [0.05, 0.1) is 13.5 Å². The van der Waals surface area contributed by atoms with Crippen molar-refractivity contribution in [2.24, 2.45) is 0 Å². The Bertz CT molecular complexity index is 1360. The predicted octanol–water partition coefficient (Wildman–Crippen LogP) is 3.06. The van der Waals surface area contributed by atoms with Gasteiger partial charge >= 0.3 is 0 Å². The van der Waals surface area contributed by atoms with E-state index in [-0.39, 0.29) is 35.4 Å². The first kappa shape index (κ1) is 23.2. The van der Waals surface area contributed by atoms with Crippen molar-refractivity contribution in [1.29, 1.82) is 0 Å². The van der Waals surface area contributed by atoms with Crippen LogP contribution in [0.1, 0.15) is 40.5 Å². The zero-order valence-corrected chi connectivity index (χ0v) is 19.3. The second-order valence-electron chi connectivity index (χ2n) is 8.13. The number of fused-ring (bicyclic) bond motifs is 1. The third kappa shape index (κ3) is 4.98. The van der Waals surface area contributed by atoms with Crippen LogP contribution in [-0.4, -0.2) is 39.1 Å². The maximum Gasteiger partial charge on any atom is 0.277 e. The van der Waals surface area contributed by atoms with E-state index in [1.165, 1.54) is 16.6 Å². The highest BCUT2D eigenvalue weighted by Gasteiger charge is 2.16. The van der Waals surface area contributed by atoms with Gasteiger partial charge in [0.15, 0.2) is 0 Å². The van der Waals surface area contributed by atoms with Gasteiger partial charge in [0.1, 0.15) is 17.4 Å². The first-order valence-corrected chi connectivity index (χ1v) is 11.0. The molecule has 0 spiro atoms. The summed E-state index contributed by atoms with van der Waals surface area (Å²) >= 11 is 0. The van der Waals surface area contributed by atoms with Crippen molar-refractivity contribution in [3.8, 4) is 5.75 Å². The molecule has 176 valence electrons. The van der Waals surface area contributed by atoms with E-state index in [9.17, 15) is 14.0 Å². The number of rotatable bonds is 8. The molecule has 34 heavy (non-hydrogen) atoms. The third-order valence-electron chi connectivity index (χ3n) is 5.88. The molecule has 0 aliphatic heterocycles. The highest BCUT2D eigenvalue weighted by molar-refractivity contribution is 5.77. The molecular weight excluding hydrogens is 437 g/mol. The zero-order valence-electron chi connectivity index (χ0n) is 19.3. The molecule has 0 saturated heterocycles. The minimum atomic E-state index is -0.296. The smallest absolute Gasteiger partial charge is 0.277 e. The van der Waals surface area contributed by atoms with Gasteiger partial charge in [0, 0.05) is 23.7 Å². The van der Waals surface area contributed by atoms with Crippen molar-refractivity contribution in [1.82, 2.24) is 24.9 Å². The summed E-state index contributed by atoms with van der Waals surface area (Å²) in [5.74, 6) is 0.791. The predicted molar refractivity (Wildman–Crippen MR) is 126 cm³/mol. The molecule has 2 heterocycles. The maximum atomic E-state index is 13.5. The molecule has 1 atom stereocenters. The number of carbonyl (C=O) groups is 1. The number of amides is 1. The van der Waals surface area contributed by atoms with Crippen molar-refractivity contribution in [2.75, 3.05) is 13.7 Å². The number of aromatic nitrogens is 4. The Balaban J connectivity index is 1.44. The van der Waals surface area contributed by atoms with Crippen molar-refractivity contribution < 1.29 is 13.9 Å². The van der Waals surface area contributed by atoms with Crippen LogP contribution < -0.4 is 15.6 Å². The molecule has 0 radical (unpaired) electrons. The lowest BCUT2D eigenvalue weighted by molar-refractivity contribution is -0.120. The molecule has 9 heteroatoms. The zero-order chi connectivity index (χ0) is 24.2. The molecule has 0 aliphatic rings. The lowest BCUT2D eigenvalue weighted by atomic mass is 9.88. The summed E-state index contributed by atoms with van der Waals surface area (Å²) < 4.78 is 19.9. The van der Waals surface area contributed by atoms with Gasteiger partial charge in [-0.3, -0.25) is 14.7 Å². The van der Waals surface area contributed by atoms with Gasteiger partial charge in [0.25, 0.3) is 11.3 Å². The van der Waals surface area contributed by atoms with Crippen LogP contribution in [0.4, 0.5) is 4.39 Å². The van der Waals surface area contributed by atoms with E-state index in [4.69, 9.17) is 4.74 Å². The summed E-state index contributed by atoms with van der Waals surface area (Å²) in [7, 11) is 1.61. The van der Waals surface area contributed by atoms with Crippen LogP contribution in [0.25, 0.3) is 5.78 Å². The molecule has 0 fully saturated rings. The highest BCUT2D eigenvalue weighted by atomic mass is 19.1. The molecule has 4 rings (SSSR count). The largest absolute Gasteiger partial charge is 0.497 e. The molecule has 4 aromatic rings. The molecule has 2 N–H and O–H groups in total. The normalized spacial score (nSPS) is 12.0. The van der Waals surface area contributed by atoms with Gasteiger partial charge in [0.2, 0.25) is 5.91 Å². The Hall–Kier alpha value is -4.01. The summed E-state index contributed by atoms with van der Waals surface area (Å²) in [6, 6.07) is 14.1. The van der Waals surface area contributed by atoms with E-state index in [1.54, 1.807) is 33.1 Å². The number of nitrogens with zero attached hydrogens (tertiary/aromatic N) is 3. The molecule has 0 aliphatic carbocycles. The average molecular weight is 464 g/mol. The Morgan fingerprint density at radius 1 is 1.09 bits per heavy atom. The van der Waals surface area contributed by atoms with E-state index in [0.29, 0.717) is 30.0 Å². The van der Waals surface area contributed by atoms with E-state index in [0.717, 1.165) is 16.9 Å². The number of H-pyrrole nitrogens is 1. The van der Waals surface area contributed by atoms with Gasteiger partial charge in [-0.15, -0.1) is 0 Å². The fraction of sp³-hybridized carbons (Fsp3) is 0.280. The number of methoxy groups -OCH3 is 1. The topological polar surface area (TPSA) is 101 Å². The lowest BCUT2D eigenvalue weighted by Crippen LogP contribution is -2.28. The number of aromatic amines is 1. The Labute approximate surface area is 195 Å². The Kier molecular flexibility index (Phi) is 6.72. The van der Waals surface area contributed by atoms with Crippen LogP contribution in [0.5, 0.6) is 5.75 Å². The van der Waals surface area contributed by atoms with Crippen LogP contribution in [0.15, 0.2) is 53.3 Å². The molecule has 2 aromatic heterocycles. The number of aryl methyl sites for hydroxylation is 1. The number of benzene rings is 2. The summed E-state index contributed by atoms with van der Waals surface area (Å²) in [6.45, 7) is 3.85. The summed E-state index contributed by atoms with van der Waals surface area (Å²) in [4.78, 5) is 33.4. The van der Waals surface area contributed by atoms with Crippen LogP contribution in [0, 0.1) is 19.7 Å². The Morgan fingerprint density at radius 3 is 2.38 bits per heavy atom. The van der Waals surface area contributed by atoms with Crippen LogP contribution in [0.3, 0.4) is 0 Å². The van der Waals surface area contributed by atoms with Crippen molar-refractivity contribution in [3.63, 3.8) is 0 Å². The van der Waals surface area contributed by atoms with Crippen molar-refractivity contribution >= 4 is 11.7 Å². The summed E-state index contributed by atoms with van der Waals surface area (Å²) in [5.41, 5.74) is 2.90. The minimum Gasteiger partial charge on any atom is -0.497 e. The van der Waals surface area contributed by atoms with Crippen LogP contribution in [0.2, 0.25) is 0 Å². The van der Waals surface area contributed by atoms with Gasteiger partial charge in [-0.05, 0) is 55.7 Å². The molecule has 1 amide bonds. The van der Waals surface area contributed by atoms with Crippen LogP contribution >= 0.6 is 0 Å². The monoisotopic (exact) mass is 463 g/mol. The number of carbonyl (C=O) groups excluding carboxylic acids is 1. The molecule has 0 saturated carbocycles. The first-order valence-electron chi connectivity index (χ1n) is 11.0. The van der Waals surface area contributed by atoms with E-state index in [2.05, 4.69) is 20.4 Å². The lowest BCUT2D eigenvalue weighted by Gasteiger charge is -2.19. The number of ether oxygens (including phenoxy) is 1. The minimum absolute atomic E-state index is 0.00928. The van der Waals surface area contributed by atoms with Gasteiger partial charge < -0.3 is 10.1 Å². The summed E-state index contributed by atoms with van der Waals surface area (Å²) in [5, 5.41) is 5.76. The van der Waals surface area contributed by atoms with E-state index >= 15 is 0 Å². The fourth-order valence-electron chi connectivity index (χ4n) is 3.85. The third-order valence-corrected chi connectivity index (χ3v) is 5.88. The number of hydrogen-bond donors (Lipinski definition) is 2. The second kappa shape index (κ2) is 9.86. The standard InChI is InChI=1S/C25H26FN5O3/c1-15-16(2)28-25-29-22(30-31(25)24(15)33)14-23(32)27-13-12-21(17-4-8-19(26)9-5-17)18-6-10-20(34-3)11-7-18/h4-11,21H,12-14H2,1-3H3,(H,27,32)(H,28,29,30). The SMILES string of the molecule is COc1ccc(C(CCNC(=O)Cc2nc3nc(C)c(C)c(=O)n3[nH]2)c2ccc(F)cc2)cc1. The van der Waals surface area contributed by atoms with Gasteiger partial charge in [-0.25, -0.2) is 9.37 Å². The van der Waals surface area contributed by atoms with E-state index < -0.39 is 0 Å². The number of halogens is 1. The molecule has 8 nitrogen and oxygen atoms in total. The molecule has 1 unspecified atom stereocenters. The summed E-state index contributed by atoms with van der Waals surface area (Å²) in [6.07, 6.45) is 0.605. The van der Waals surface area contributed by atoms with Crippen molar-refractivity contribution in [3.05, 3.63) is 92.9 Å². The van der Waals surface area contributed by atoms with Crippen molar-refractivity contribution in [2.45, 2.75) is 32.6 Å². The van der Waals surface area contributed by atoms with Gasteiger partial charge in [-0.2, -0.15) is 9.50 Å². The quantitative estimate of drug-likeness (QED) is 0.418. The molecule has 2 aromatic carbocycles. The molecular formula is C25H26FN5O3. The highest BCUT2D eigenvalue weighted by Crippen LogP contribution is 2.29. The maximum absolute atomic E-state index is 13.5. The Morgan fingerprint density at radius 2 is 1.74 bits per heavy atom. The second-order valence-corrected chi connectivity index (χ2v) is 8.13.